The number of fused-ring (bicyclic) bond motifs is 1. The summed E-state index contributed by atoms with van der Waals surface area (Å²) in [5, 5.41) is 7.09. The molecule has 37 heavy (non-hydrogen) atoms. The minimum atomic E-state index is -0.551. The minimum Gasteiger partial charge on any atom is -0.383 e. The van der Waals surface area contributed by atoms with E-state index in [4.69, 9.17) is 9.84 Å². The van der Waals surface area contributed by atoms with Crippen molar-refractivity contribution in [2.24, 2.45) is 0 Å². The van der Waals surface area contributed by atoms with E-state index in [0.29, 0.717) is 41.5 Å². The molecule has 1 atom stereocenters. The fourth-order valence-corrected chi connectivity index (χ4v) is 5.48. The summed E-state index contributed by atoms with van der Waals surface area (Å²) in [6.07, 6.45) is 0. The van der Waals surface area contributed by atoms with Crippen LogP contribution in [0.25, 0.3) is 5.69 Å². The number of rotatable bonds is 7. The lowest BCUT2D eigenvalue weighted by Crippen LogP contribution is -2.43. The summed E-state index contributed by atoms with van der Waals surface area (Å²) in [4.78, 5) is 27.8. The first-order valence-electron chi connectivity index (χ1n) is 11.9. The fraction of sp³-hybridized carbons (Fsp3) is 0.370. The molecule has 2 heterocycles. The summed E-state index contributed by atoms with van der Waals surface area (Å²) in [5.74, 6) is -1.07. The van der Waals surface area contributed by atoms with Gasteiger partial charge in [0.05, 0.1) is 29.0 Å². The monoisotopic (exact) mass is 528 g/mol. The van der Waals surface area contributed by atoms with Gasteiger partial charge in [-0.2, -0.15) is 5.10 Å². The van der Waals surface area contributed by atoms with E-state index >= 15 is 4.39 Å². The second-order valence-corrected chi connectivity index (χ2v) is 10.9. The number of anilines is 1. The average Bonchev–Trinajstić information content (AvgIpc) is 3.19. The molecule has 2 amide bonds. The quantitative estimate of drug-likeness (QED) is 0.461. The molecule has 0 aliphatic carbocycles. The Balaban J connectivity index is 1.96. The SMILES string of the molecule is COCCNC(=O)CN1C(=O)CS[C@H](c2ccccc2F)c2c(C(C)(C)C)nn(-c3ccc(F)cc3)c21. The van der Waals surface area contributed by atoms with Crippen molar-refractivity contribution in [3.05, 3.63) is 77.0 Å². The van der Waals surface area contributed by atoms with Gasteiger partial charge in [-0.15, -0.1) is 11.8 Å². The van der Waals surface area contributed by atoms with Gasteiger partial charge in [-0.1, -0.05) is 39.0 Å². The van der Waals surface area contributed by atoms with E-state index in [-0.39, 0.29) is 24.1 Å². The Kier molecular flexibility index (Phi) is 7.99. The molecule has 7 nitrogen and oxygen atoms in total. The first kappa shape index (κ1) is 26.8. The molecule has 0 saturated heterocycles. The highest BCUT2D eigenvalue weighted by molar-refractivity contribution is 8.00. The number of methoxy groups -OCH3 is 1. The number of nitrogens with zero attached hydrogens (tertiary/aromatic N) is 3. The van der Waals surface area contributed by atoms with E-state index in [2.05, 4.69) is 5.32 Å². The Morgan fingerprint density at radius 3 is 2.51 bits per heavy atom. The maximum absolute atomic E-state index is 15.1. The zero-order valence-corrected chi connectivity index (χ0v) is 22.1. The number of ether oxygens (including phenoxy) is 1. The van der Waals surface area contributed by atoms with Crippen molar-refractivity contribution in [1.82, 2.24) is 15.1 Å². The molecule has 10 heteroatoms. The predicted molar refractivity (Wildman–Crippen MR) is 140 cm³/mol. The molecule has 1 aliphatic rings. The molecule has 0 fully saturated rings. The van der Waals surface area contributed by atoms with Crippen molar-refractivity contribution >= 4 is 29.4 Å². The molecule has 2 aromatic carbocycles. The van der Waals surface area contributed by atoms with Crippen molar-refractivity contribution in [1.29, 1.82) is 0 Å². The first-order chi connectivity index (χ1) is 17.6. The number of halogens is 2. The third kappa shape index (κ3) is 5.70. The Labute approximate surface area is 219 Å². The Bertz CT molecular complexity index is 1290. The molecule has 196 valence electrons. The third-order valence-corrected chi connectivity index (χ3v) is 7.22. The Morgan fingerprint density at radius 2 is 1.86 bits per heavy atom. The molecule has 1 aromatic heterocycles. The smallest absolute Gasteiger partial charge is 0.240 e. The number of aromatic nitrogens is 2. The van der Waals surface area contributed by atoms with Crippen LogP contribution in [0.5, 0.6) is 0 Å². The highest BCUT2D eigenvalue weighted by atomic mass is 32.2. The van der Waals surface area contributed by atoms with Gasteiger partial charge in [0, 0.05) is 30.2 Å². The van der Waals surface area contributed by atoms with Gasteiger partial charge in [0.15, 0.2) is 0 Å². The topological polar surface area (TPSA) is 76.5 Å². The number of nitrogens with one attached hydrogen (secondary N) is 1. The van der Waals surface area contributed by atoms with Crippen LogP contribution in [0.1, 0.15) is 42.8 Å². The third-order valence-electron chi connectivity index (χ3n) is 5.99. The average molecular weight is 529 g/mol. The van der Waals surface area contributed by atoms with E-state index in [1.165, 1.54) is 42.0 Å². The van der Waals surface area contributed by atoms with Gasteiger partial charge >= 0.3 is 0 Å². The zero-order chi connectivity index (χ0) is 26.7. The normalized spacial score (nSPS) is 15.9. The lowest BCUT2D eigenvalue weighted by Gasteiger charge is -2.24. The largest absolute Gasteiger partial charge is 0.383 e. The Morgan fingerprint density at radius 1 is 1.16 bits per heavy atom. The number of carbonyl (C=O) groups excluding carboxylic acids is 2. The van der Waals surface area contributed by atoms with Crippen LogP contribution in [0, 0.1) is 11.6 Å². The molecule has 0 unspecified atom stereocenters. The van der Waals surface area contributed by atoms with E-state index in [1.54, 1.807) is 35.0 Å². The molecule has 0 saturated carbocycles. The van der Waals surface area contributed by atoms with Crippen LogP contribution in [0.2, 0.25) is 0 Å². The number of thioether (sulfide) groups is 1. The second-order valence-electron chi connectivity index (χ2n) is 9.76. The van der Waals surface area contributed by atoms with Gasteiger partial charge in [0.2, 0.25) is 11.8 Å². The second kappa shape index (κ2) is 11.0. The lowest BCUT2D eigenvalue weighted by molar-refractivity contribution is -0.123. The molecule has 0 bridgehead atoms. The number of hydrogen-bond donors (Lipinski definition) is 1. The van der Waals surface area contributed by atoms with Gasteiger partial charge in [-0.05, 0) is 30.3 Å². The van der Waals surface area contributed by atoms with Crippen LogP contribution in [0.3, 0.4) is 0 Å². The standard InChI is InChI=1S/C27H30F2N4O3S/c1-27(2,3)25-23-24(19-7-5-6-8-20(19)29)37-16-22(35)32(15-21(34)30-13-14-36-4)26(23)33(31-25)18-11-9-17(28)10-12-18/h5-12,24H,13-16H2,1-4H3,(H,30,34)/t24-/m1/s1. The van der Waals surface area contributed by atoms with Crippen LogP contribution >= 0.6 is 11.8 Å². The molecule has 4 rings (SSSR count). The van der Waals surface area contributed by atoms with E-state index < -0.39 is 22.3 Å². The highest BCUT2D eigenvalue weighted by Crippen LogP contribution is 2.48. The zero-order valence-electron chi connectivity index (χ0n) is 21.3. The molecule has 1 N–H and O–H groups in total. The summed E-state index contributed by atoms with van der Waals surface area (Å²) < 4.78 is 35.5. The summed E-state index contributed by atoms with van der Waals surface area (Å²) >= 11 is 1.30. The minimum absolute atomic E-state index is 0.0338. The van der Waals surface area contributed by atoms with Crippen molar-refractivity contribution in [2.45, 2.75) is 31.4 Å². The first-order valence-corrected chi connectivity index (χ1v) is 13.0. The van der Waals surface area contributed by atoms with Gasteiger partial charge in [0.1, 0.15) is 24.0 Å². The van der Waals surface area contributed by atoms with Crippen molar-refractivity contribution < 1.29 is 23.1 Å². The van der Waals surface area contributed by atoms with E-state index in [1.807, 2.05) is 20.8 Å². The summed E-state index contributed by atoms with van der Waals surface area (Å²) in [5.41, 5.74) is 1.77. The maximum atomic E-state index is 15.1. The van der Waals surface area contributed by atoms with Gasteiger partial charge in [0.25, 0.3) is 0 Å². The van der Waals surface area contributed by atoms with Crippen LogP contribution < -0.4 is 10.2 Å². The molecular formula is C27H30F2N4O3S. The number of amides is 2. The molecule has 1 aliphatic heterocycles. The fourth-order valence-electron chi connectivity index (χ4n) is 4.26. The summed E-state index contributed by atoms with van der Waals surface area (Å²) in [7, 11) is 1.53. The summed E-state index contributed by atoms with van der Waals surface area (Å²) in [6.45, 7) is 6.34. The molecular weight excluding hydrogens is 498 g/mol. The number of carbonyl (C=O) groups is 2. The predicted octanol–water partition coefficient (Wildman–Crippen LogP) is 4.38. The van der Waals surface area contributed by atoms with Crippen LogP contribution in [0.4, 0.5) is 14.6 Å². The number of benzene rings is 2. The van der Waals surface area contributed by atoms with Crippen molar-refractivity contribution in [3.8, 4) is 5.69 Å². The van der Waals surface area contributed by atoms with Crippen molar-refractivity contribution in [3.63, 3.8) is 0 Å². The lowest BCUT2D eigenvalue weighted by atomic mass is 9.87. The van der Waals surface area contributed by atoms with Gasteiger partial charge < -0.3 is 10.1 Å². The van der Waals surface area contributed by atoms with Crippen molar-refractivity contribution in [2.75, 3.05) is 37.5 Å². The van der Waals surface area contributed by atoms with E-state index in [0.717, 1.165) is 0 Å². The van der Waals surface area contributed by atoms with E-state index in [9.17, 15) is 14.0 Å². The van der Waals surface area contributed by atoms with Gasteiger partial charge in [-0.3, -0.25) is 14.5 Å². The summed E-state index contributed by atoms with van der Waals surface area (Å²) in [6, 6.07) is 12.2. The molecule has 0 spiro atoms. The highest BCUT2D eigenvalue weighted by Gasteiger charge is 2.40. The van der Waals surface area contributed by atoms with Crippen LogP contribution in [0.15, 0.2) is 48.5 Å². The molecule has 0 radical (unpaired) electrons. The molecule has 3 aromatic rings. The maximum Gasteiger partial charge on any atom is 0.240 e. The van der Waals surface area contributed by atoms with Crippen LogP contribution in [-0.4, -0.2) is 54.2 Å². The Hall–Kier alpha value is -3.24. The number of hydrogen-bond acceptors (Lipinski definition) is 5. The van der Waals surface area contributed by atoms with Gasteiger partial charge in [-0.25, -0.2) is 13.5 Å². The van der Waals surface area contributed by atoms with Crippen LogP contribution in [-0.2, 0) is 19.7 Å².